The molecule has 0 N–H and O–H groups in total. The van der Waals surface area contributed by atoms with E-state index in [0.29, 0.717) is 6.10 Å². The fraction of sp³-hybridized carbons (Fsp3) is 0.471. The third-order valence-electron chi connectivity index (χ3n) is 4.24. The molecule has 1 aliphatic rings. The summed E-state index contributed by atoms with van der Waals surface area (Å²) in [5.74, 6) is 0.961. The largest absolute Gasteiger partial charge is 0.490 e. The molecule has 0 radical (unpaired) electrons. The summed E-state index contributed by atoms with van der Waals surface area (Å²) in [7, 11) is 2.01. The summed E-state index contributed by atoms with van der Waals surface area (Å²) in [5.41, 5.74) is 1.30. The van der Waals surface area contributed by atoms with Crippen molar-refractivity contribution in [1.29, 1.82) is 0 Å². The lowest BCUT2D eigenvalue weighted by atomic mass is 10.1. The number of halogens is 1. The number of benzene rings is 1. The molecule has 0 atom stereocenters. The molecule has 1 saturated heterocycles. The molecule has 0 bridgehead atoms. The minimum atomic E-state index is 0.335. The molecule has 118 valence electrons. The van der Waals surface area contributed by atoms with Gasteiger partial charge in [0.1, 0.15) is 11.9 Å². The van der Waals surface area contributed by atoms with Gasteiger partial charge in [0.25, 0.3) is 0 Å². The Bertz CT molecular complexity index is 605. The van der Waals surface area contributed by atoms with E-state index in [4.69, 9.17) is 4.74 Å². The highest BCUT2D eigenvalue weighted by molar-refractivity contribution is 9.10. The van der Waals surface area contributed by atoms with Crippen LogP contribution in [0.3, 0.4) is 0 Å². The van der Waals surface area contributed by atoms with Crippen molar-refractivity contribution in [2.75, 3.05) is 19.6 Å². The predicted molar refractivity (Wildman–Crippen MR) is 91.1 cm³/mol. The van der Waals surface area contributed by atoms with Crippen molar-refractivity contribution >= 4 is 15.9 Å². The third kappa shape index (κ3) is 4.11. The molecule has 1 aliphatic heterocycles. The summed E-state index contributed by atoms with van der Waals surface area (Å²) in [5, 5.41) is 4.22. The van der Waals surface area contributed by atoms with Crippen LogP contribution in [0.15, 0.2) is 41.0 Å². The molecule has 0 aliphatic carbocycles. The van der Waals surface area contributed by atoms with Crippen molar-refractivity contribution in [1.82, 2.24) is 14.7 Å². The van der Waals surface area contributed by atoms with E-state index in [9.17, 15) is 0 Å². The second-order valence-corrected chi connectivity index (χ2v) is 6.73. The number of aryl methyl sites for hydroxylation is 1. The number of nitrogens with zero attached hydrogens (tertiary/aromatic N) is 3. The van der Waals surface area contributed by atoms with Gasteiger partial charge in [-0.05, 0) is 37.1 Å². The van der Waals surface area contributed by atoms with Gasteiger partial charge in [-0.25, -0.2) is 0 Å². The van der Waals surface area contributed by atoms with Gasteiger partial charge >= 0.3 is 0 Å². The van der Waals surface area contributed by atoms with E-state index in [0.717, 1.165) is 49.1 Å². The van der Waals surface area contributed by atoms with Crippen molar-refractivity contribution in [3.05, 3.63) is 46.7 Å². The summed E-state index contributed by atoms with van der Waals surface area (Å²) in [6, 6.07) is 10.2. The Morgan fingerprint density at radius 3 is 2.77 bits per heavy atom. The van der Waals surface area contributed by atoms with Gasteiger partial charge in [0, 0.05) is 49.5 Å². The number of aromatic nitrogens is 2. The maximum absolute atomic E-state index is 6.08. The Labute approximate surface area is 140 Å². The smallest absolute Gasteiger partial charge is 0.120 e. The van der Waals surface area contributed by atoms with E-state index in [2.05, 4.69) is 32.0 Å². The van der Waals surface area contributed by atoms with Crippen molar-refractivity contribution in [2.24, 2.45) is 7.05 Å². The number of ether oxygens (including phenoxy) is 1. The SMILES string of the molecule is Cn1nccc1CCN1CCC(Oc2cccc(Br)c2)CC1. The van der Waals surface area contributed by atoms with Crippen LogP contribution < -0.4 is 4.74 Å². The molecular weight excluding hydrogens is 342 g/mol. The average Bonchev–Trinajstić information content (AvgIpc) is 2.92. The molecule has 1 aromatic heterocycles. The predicted octanol–water partition coefficient (Wildman–Crippen LogP) is 3.27. The zero-order valence-electron chi connectivity index (χ0n) is 12.9. The zero-order chi connectivity index (χ0) is 15.4. The lowest BCUT2D eigenvalue weighted by Crippen LogP contribution is -2.39. The second-order valence-electron chi connectivity index (χ2n) is 5.81. The number of likely N-dealkylation sites (tertiary alicyclic amines) is 1. The first-order valence-corrected chi connectivity index (χ1v) is 8.61. The fourth-order valence-electron chi connectivity index (χ4n) is 2.90. The minimum Gasteiger partial charge on any atom is -0.490 e. The fourth-order valence-corrected chi connectivity index (χ4v) is 3.28. The average molecular weight is 364 g/mol. The van der Waals surface area contributed by atoms with E-state index in [1.165, 1.54) is 5.69 Å². The molecule has 5 heteroatoms. The summed E-state index contributed by atoms with van der Waals surface area (Å²) < 4.78 is 9.11. The van der Waals surface area contributed by atoms with Crippen molar-refractivity contribution in [3.8, 4) is 5.75 Å². The molecule has 0 unspecified atom stereocenters. The van der Waals surface area contributed by atoms with Crippen LogP contribution in [0.1, 0.15) is 18.5 Å². The topological polar surface area (TPSA) is 30.3 Å². The highest BCUT2D eigenvalue weighted by Crippen LogP contribution is 2.22. The highest BCUT2D eigenvalue weighted by atomic mass is 79.9. The number of rotatable bonds is 5. The van der Waals surface area contributed by atoms with Crippen LogP contribution in [-0.4, -0.2) is 40.4 Å². The molecule has 3 rings (SSSR count). The zero-order valence-corrected chi connectivity index (χ0v) is 14.5. The van der Waals surface area contributed by atoms with Crippen LogP contribution >= 0.6 is 15.9 Å². The normalized spacial score (nSPS) is 16.8. The van der Waals surface area contributed by atoms with Gasteiger partial charge in [-0.1, -0.05) is 22.0 Å². The first-order valence-electron chi connectivity index (χ1n) is 7.82. The van der Waals surface area contributed by atoms with Crippen LogP contribution in [-0.2, 0) is 13.5 Å². The summed E-state index contributed by atoms with van der Waals surface area (Å²) >= 11 is 3.49. The van der Waals surface area contributed by atoms with Crippen LogP contribution in [0, 0.1) is 0 Å². The van der Waals surface area contributed by atoms with Gasteiger partial charge in [0.15, 0.2) is 0 Å². The highest BCUT2D eigenvalue weighted by Gasteiger charge is 2.20. The van der Waals surface area contributed by atoms with Crippen LogP contribution in [0.25, 0.3) is 0 Å². The van der Waals surface area contributed by atoms with Gasteiger partial charge < -0.3 is 9.64 Å². The van der Waals surface area contributed by atoms with E-state index in [-0.39, 0.29) is 0 Å². The molecular formula is C17H22BrN3O. The quantitative estimate of drug-likeness (QED) is 0.816. The number of piperidine rings is 1. The van der Waals surface area contributed by atoms with Gasteiger partial charge in [-0.15, -0.1) is 0 Å². The van der Waals surface area contributed by atoms with E-state index in [1.807, 2.05) is 42.2 Å². The van der Waals surface area contributed by atoms with Gasteiger partial charge in [-0.3, -0.25) is 4.68 Å². The lowest BCUT2D eigenvalue weighted by molar-refractivity contribution is 0.101. The van der Waals surface area contributed by atoms with Gasteiger partial charge in [0.2, 0.25) is 0 Å². The van der Waals surface area contributed by atoms with Crippen molar-refractivity contribution < 1.29 is 4.74 Å². The molecule has 0 spiro atoms. The summed E-state index contributed by atoms with van der Waals surface area (Å²) in [6.45, 7) is 3.32. The monoisotopic (exact) mass is 363 g/mol. The molecule has 1 aromatic carbocycles. The Hall–Kier alpha value is -1.33. The first-order chi connectivity index (χ1) is 10.7. The van der Waals surface area contributed by atoms with Crippen LogP contribution in [0.5, 0.6) is 5.75 Å². The Kier molecular flexibility index (Phi) is 5.16. The van der Waals surface area contributed by atoms with Crippen LogP contribution in [0.4, 0.5) is 0 Å². The van der Waals surface area contributed by atoms with Crippen molar-refractivity contribution in [2.45, 2.75) is 25.4 Å². The van der Waals surface area contributed by atoms with E-state index in [1.54, 1.807) is 0 Å². The summed E-state index contributed by atoms with van der Waals surface area (Å²) in [4.78, 5) is 2.52. The minimum absolute atomic E-state index is 0.335. The van der Waals surface area contributed by atoms with Gasteiger partial charge in [0.05, 0.1) is 0 Å². The molecule has 0 saturated carbocycles. The Morgan fingerprint density at radius 1 is 1.27 bits per heavy atom. The maximum atomic E-state index is 6.08. The lowest BCUT2D eigenvalue weighted by Gasteiger charge is -2.32. The Balaban J connectivity index is 1.43. The van der Waals surface area contributed by atoms with Crippen molar-refractivity contribution in [3.63, 3.8) is 0 Å². The second kappa shape index (κ2) is 7.29. The van der Waals surface area contributed by atoms with E-state index >= 15 is 0 Å². The molecule has 0 amide bonds. The third-order valence-corrected chi connectivity index (χ3v) is 4.73. The molecule has 22 heavy (non-hydrogen) atoms. The molecule has 2 aromatic rings. The number of hydrogen-bond donors (Lipinski definition) is 0. The summed E-state index contributed by atoms with van der Waals surface area (Å²) in [6.07, 6.45) is 5.46. The number of hydrogen-bond acceptors (Lipinski definition) is 3. The molecule has 1 fully saturated rings. The molecule has 2 heterocycles. The Morgan fingerprint density at radius 2 is 2.09 bits per heavy atom. The molecule has 4 nitrogen and oxygen atoms in total. The maximum Gasteiger partial charge on any atom is 0.120 e. The van der Waals surface area contributed by atoms with E-state index < -0.39 is 0 Å². The van der Waals surface area contributed by atoms with Crippen LogP contribution in [0.2, 0.25) is 0 Å². The van der Waals surface area contributed by atoms with Gasteiger partial charge in [-0.2, -0.15) is 5.10 Å². The first kappa shape index (κ1) is 15.6. The standard InChI is InChI=1S/C17H22BrN3O/c1-20-15(5-9-19-20)6-10-21-11-7-16(8-12-21)22-17-4-2-3-14(18)13-17/h2-5,9,13,16H,6-8,10-12H2,1H3.